The molecule has 1 nitrogen and oxygen atoms in total. The third-order valence-electron chi connectivity index (χ3n) is 5.41. The molecule has 0 spiro atoms. The minimum Gasteiger partial charge on any atom is -0.403 e. The van der Waals surface area contributed by atoms with Crippen molar-refractivity contribution in [2.45, 2.75) is 50.8 Å². The number of hydrogen-bond donors (Lipinski definition) is 0. The lowest BCUT2D eigenvalue weighted by atomic mass is 9.70. The lowest BCUT2D eigenvalue weighted by Crippen LogP contribution is -2.25. The van der Waals surface area contributed by atoms with Gasteiger partial charge in [-0.2, -0.15) is 0 Å². The Morgan fingerprint density at radius 1 is 1.00 bits per heavy atom. The normalized spacial score (nSPS) is 18.9. The van der Waals surface area contributed by atoms with Crippen LogP contribution in [0.3, 0.4) is 0 Å². The first-order chi connectivity index (χ1) is 14.2. The van der Waals surface area contributed by atoms with E-state index >= 15 is 0 Å². The number of hydrogen-bond acceptors (Lipinski definition) is 1. The van der Waals surface area contributed by atoms with Crippen LogP contribution in [0, 0.1) is 11.6 Å². The molecule has 0 saturated heterocycles. The van der Waals surface area contributed by atoms with Crippen LogP contribution in [-0.4, -0.2) is 6.36 Å². The zero-order valence-corrected chi connectivity index (χ0v) is 16.6. The number of allylic oxidation sites excluding steroid dienone is 4. The van der Waals surface area contributed by atoms with Crippen LogP contribution in [0.2, 0.25) is 0 Å². The molecule has 3 rings (SSSR count). The highest BCUT2D eigenvalue weighted by Crippen LogP contribution is 2.42. The third kappa shape index (κ3) is 5.10. The SMILES string of the molecule is CCCCCC1(c2ccc(OC(F)(F)F)c(F)c2)C=CC(c2ccccc2F)=CC1. The average Bonchev–Trinajstić information content (AvgIpc) is 2.70. The maximum absolute atomic E-state index is 14.4. The topological polar surface area (TPSA) is 9.23 Å². The Hall–Kier alpha value is -2.63. The summed E-state index contributed by atoms with van der Waals surface area (Å²) in [5.41, 5.74) is 1.22. The first-order valence-corrected chi connectivity index (χ1v) is 9.94. The number of unbranched alkanes of at least 4 members (excludes halogenated alkanes) is 2. The van der Waals surface area contributed by atoms with Gasteiger partial charge in [-0.25, -0.2) is 8.78 Å². The van der Waals surface area contributed by atoms with Gasteiger partial charge in [-0.15, -0.1) is 13.2 Å². The van der Waals surface area contributed by atoms with Crippen molar-refractivity contribution in [1.29, 1.82) is 0 Å². The predicted molar refractivity (Wildman–Crippen MR) is 107 cm³/mol. The number of alkyl halides is 3. The predicted octanol–water partition coefficient (Wildman–Crippen LogP) is 7.73. The molecule has 1 aliphatic carbocycles. The van der Waals surface area contributed by atoms with Crippen molar-refractivity contribution in [2.75, 3.05) is 0 Å². The fourth-order valence-corrected chi connectivity index (χ4v) is 3.82. The molecule has 0 bridgehead atoms. The zero-order valence-electron chi connectivity index (χ0n) is 16.6. The smallest absolute Gasteiger partial charge is 0.403 e. The van der Waals surface area contributed by atoms with Crippen molar-refractivity contribution < 1.29 is 26.7 Å². The molecule has 1 unspecified atom stereocenters. The van der Waals surface area contributed by atoms with Crippen LogP contribution in [0.4, 0.5) is 22.0 Å². The molecule has 0 amide bonds. The summed E-state index contributed by atoms with van der Waals surface area (Å²) < 4.78 is 69.6. The molecule has 1 atom stereocenters. The highest BCUT2D eigenvalue weighted by molar-refractivity contribution is 5.76. The van der Waals surface area contributed by atoms with E-state index in [0.717, 1.165) is 37.0 Å². The molecule has 0 N–H and O–H groups in total. The van der Waals surface area contributed by atoms with Crippen LogP contribution in [0.1, 0.15) is 50.2 Å². The van der Waals surface area contributed by atoms with E-state index in [2.05, 4.69) is 11.7 Å². The number of benzene rings is 2. The molecular weight excluding hydrogens is 399 g/mol. The quantitative estimate of drug-likeness (QED) is 0.328. The van der Waals surface area contributed by atoms with Crippen LogP contribution in [0.25, 0.3) is 5.57 Å². The van der Waals surface area contributed by atoms with E-state index in [1.807, 2.05) is 18.2 Å². The fraction of sp³-hybridized carbons (Fsp3) is 0.333. The maximum atomic E-state index is 14.4. The molecule has 0 aromatic heterocycles. The first-order valence-electron chi connectivity index (χ1n) is 9.94. The minimum atomic E-state index is -4.96. The van der Waals surface area contributed by atoms with Gasteiger partial charge in [0.05, 0.1) is 0 Å². The summed E-state index contributed by atoms with van der Waals surface area (Å²) in [6.07, 6.45) is 4.75. The summed E-state index contributed by atoms with van der Waals surface area (Å²) in [5.74, 6) is -2.24. The van der Waals surface area contributed by atoms with E-state index in [9.17, 15) is 22.0 Å². The molecule has 0 aliphatic heterocycles. The van der Waals surface area contributed by atoms with E-state index in [0.29, 0.717) is 24.0 Å². The second-order valence-corrected chi connectivity index (χ2v) is 7.48. The molecule has 2 aromatic rings. The van der Waals surface area contributed by atoms with Crippen LogP contribution in [-0.2, 0) is 5.41 Å². The van der Waals surface area contributed by atoms with Gasteiger partial charge in [-0.3, -0.25) is 0 Å². The van der Waals surface area contributed by atoms with Crippen LogP contribution in [0.15, 0.2) is 60.7 Å². The van der Waals surface area contributed by atoms with Crippen molar-refractivity contribution in [3.05, 3.63) is 83.5 Å². The summed E-state index contributed by atoms with van der Waals surface area (Å²) in [7, 11) is 0. The van der Waals surface area contributed by atoms with Gasteiger partial charge in [0.15, 0.2) is 11.6 Å². The molecule has 1 aliphatic rings. The molecule has 0 radical (unpaired) electrons. The Morgan fingerprint density at radius 3 is 2.37 bits per heavy atom. The fourth-order valence-electron chi connectivity index (χ4n) is 3.82. The molecule has 0 saturated carbocycles. The van der Waals surface area contributed by atoms with Crippen molar-refractivity contribution in [2.24, 2.45) is 0 Å². The molecule has 30 heavy (non-hydrogen) atoms. The van der Waals surface area contributed by atoms with E-state index in [1.165, 1.54) is 12.1 Å². The summed E-state index contributed by atoms with van der Waals surface area (Å²) in [5, 5.41) is 0. The van der Waals surface area contributed by atoms with Crippen LogP contribution < -0.4 is 4.74 Å². The van der Waals surface area contributed by atoms with Crippen molar-refractivity contribution in [3.63, 3.8) is 0 Å². The number of rotatable bonds is 7. The minimum absolute atomic E-state index is 0.327. The molecular formula is C24H23F5O. The zero-order chi connectivity index (χ0) is 21.8. The first kappa shape index (κ1) is 22.1. The summed E-state index contributed by atoms with van der Waals surface area (Å²) in [6.45, 7) is 2.07. The highest BCUT2D eigenvalue weighted by atomic mass is 19.4. The Morgan fingerprint density at radius 2 is 1.77 bits per heavy atom. The largest absolute Gasteiger partial charge is 0.573 e. The van der Waals surface area contributed by atoms with E-state index in [4.69, 9.17) is 0 Å². The van der Waals surface area contributed by atoms with E-state index < -0.39 is 23.3 Å². The van der Waals surface area contributed by atoms with Gasteiger partial charge in [-0.1, -0.05) is 68.7 Å². The van der Waals surface area contributed by atoms with Gasteiger partial charge in [-0.05, 0) is 42.2 Å². The lowest BCUT2D eigenvalue weighted by Gasteiger charge is -2.34. The van der Waals surface area contributed by atoms with E-state index in [1.54, 1.807) is 18.2 Å². The average molecular weight is 422 g/mol. The van der Waals surface area contributed by atoms with Crippen molar-refractivity contribution in [1.82, 2.24) is 0 Å². The van der Waals surface area contributed by atoms with Gasteiger partial charge < -0.3 is 4.74 Å². The molecule has 0 fully saturated rings. The standard InChI is InChI=1S/C24H23F5O/c1-2-3-6-13-23(18-9-10-22(21(26)16-18)30-24(27,28)29)14-11-17(12-15-23)19-7-4-5-8-20(19)25/h4-5,7-12,14,16H,2-3,6,13,15H2,1H3. The summed E-state index contributed by atoms with van der Waals surface area (Å²) in [4.78, 5) is 0. The second kappa shape index (κ2) is 9.02. The van der Waals surface area contributed by atoms with Crippen LogP contribution in [0.5, 0.6) is 5.75 Å². The molecule has 0 heterocycles. The third-order valence-corrected chi connectivity index (χ3v) is 5.41. The summed E-state index contributed by atoms with van der Waals surface area (Å²) >= 11 is 0. The van der Waals surface area contributed by atoms with Gasteiger partial charge in [0, 0.05) is 11.0 Å². The Balaban J connectivity index is 1.92. The number of halogens is 5. The Labute approximate surface area is 172 Å². The van der Waals surface area contributed by atoms with Crippen LogP contribution >= 0.6 is 0 Å². The molecule has 2 aromatic carbocycles. The second-order valence-electron chi connectivity index (χ2n) is 7.48. The Bertz CT molecular complexity index is 945. The molecule has 160 valence electrons. The number of ether oxygens (including phenoxy) is 1. The lowest BCUT2D eigenvalue weighted by molar-refractivity contribution is -0.275. The van der Waals surface area contributed by atoms with E-state index in [-0.39, 0.29) is 5.82 Å². The molecule has 6 heteroatoms. The Kier molecular flexibility index (Phi) is 6.64. The maximum Gasteiger partial charge on any atom is 0.573 e. The van der Waals surface area contributed by atoms with Gasteiger partial charge in [0.25, 0.3) is 0 Å². The van der Waals surface area contributed by atoms with Gasteiger partial charge in [0.1, 0.15) is 5.82 Å². The van der Waals surface area contributed by atoms with Gasteiger partial charge >= 0.3 is 6.36 Å². The van der Waals surface area contributed by atoms with Gasteiger partial charge in [0.2, 0.25) is 0 Å². The highest BCUT2D eigenvalue weighted by Gasteiger charge is 2.34. The van der Waals surface area contributed by atoms with Crippen molar-refractivity contribution >= 4 is 5.57 Å². The monoisotopic (exact) mass is 422 g/mol. The summed E-state index contributed by atoms with van der Waals surface area (Å²) in [6, 6.07) is 10.1. The van der Waals surface area contributed by atoms with Crippen molar-refractivity contribution in [3.8, 4) is 5.75 Å².